The highest BCUT2D eigenvalue weighted by Crippen LogP contribution is 2.25. The number of imidazole rings is 1. The van der Waals surface area contributed by atoms with Crippen molar-refractivity contribution in [1.82, 2.24) is 9.38 Å². The maximum atomic E-state index is 11.2. The number of hydrogen-bond acceptors (Lipinski definition) is 3. The predicted molar refractivity (Wildman–Crippen MR) is 77.3 cm³/mol. The van der Waals surface area contributed by atoms with Crippen LogP contribution in [0.3, 0.4) is 0 Å². The third-order valence-corrected chi connectivity index (χ3v) is 3.26. The number of ether oxygens (including phenoxy) is 1. The zero-order valence-electron chi connectivity index (χ0n) is 11.3. The Bertz CT molecular complexity index is 790. The fraction of sp³-hybridized carbons (Fsp3) is 0.125. The molecule has 0 fully saturated rings. The average Bonchev–Trinajstić information content (AvgIpc) is 2.85. The standard InChI is InChI=1S/C16H14N2O2/c1-11-4-3-5-12(8-11)16-17-14(10-19)15-7-6-13(20-2)9-18(15)16/h3-10H,1-2H3. The second-order valence-electron chi connectivity index (χ2n) is 4.63. The van der Waals surface area contributed by atoms with Gasteiger partial charge < -0.3 is 4.74 Å². The van der Waals surface area contributed by atoms with E-state index in [4.69, 9.17) is 4.74 Å². The number of aryl methyl sites for hydroxylation is 1. The maximum Gasteiger partial charge on any atom is 0.170 e. The first-order chi connectivity index (χ1) is 9.72. The number of aldehydes is 1. The first-order valence-corrected chi connectivity index (χ1v) is 6.31. The molecule has 100 valence electrons. The minimum Gasteiger partial charge on any atom is -0.495 e. The van der Waals surface area contributed by atoms with Crippen molar-refractivity contribution in [2.24, 2.45) is 0 Å². The Hall–Kier alpha value is -2.62. The summed E-state index contributed by atoms with van der Waals surface area (Å²) in [6, 6.07) is 11.7. The van der Waals surface area contributed by atoms with E-state index >= 15 is 0 Å². The fourth-order valence-corrected chi connectivity index (χ4v) is 2.29. The van der Waals surface area contributed by atoms with Gasteiger partial charge >= 0.3 is 0 Å². The quantitative estimate of drug-likeness (QED) is 0.684. The van der Waals surface area contributed by atoms with Crippen LogP contribution in [0.5, 0.6) is 5.75 Å². The number of hydrogen-bond donors (Lipinski definition) is 0. The topological polar surface area (TPSA) is 43.6 Å². The first kappa shape index (κ1) is 12.4. The Morgan fingerprint density at radius 3 is 2.80 bits per heavy atom. The molecule has 4 heteroatoms. The summed E-state index contributed by atoms with van der Waals surface area (Å²) in [5.41, 5.74) is 3.33. The third kappa shape index (κ3) is 1.95. The number of pyridine rings is 1. The normalized spacial score (nSPS) is 10.7. The van der Waals surface area contributed by atoms with Gasteiger partial charge in [-0.2, -0.15) is 0 Å². The summed E-state index contributed by atoms with van der Waals surface area (Å²) < 4.78 is 7.13. The molecule has 3 aromatic rings. The molecule has 0 aliphatic rings. The first-order valence-electron chi connectivity index (χ1n) is 6.31. The van der Waals surface area contributed by atoms with Crippen molar-refractivity contribution in [2.45, 2.75) is 6.92 Å². The Morgan fingerprint density at radius 2 is 2.10 bits per heavy atom. The molecule has 0 atom stereocenters. The molecular weight excluding hydrogens is 252 g/mol. The van der Waals surface area contributed by atoms with Crippen molar-refractivity contribution in [3.8, 4) is 17.1 Å². The van der Waals surface area contributed by atoms with Crippen LogP contribution in [-0.4, -0.2) is 22.8 Å². The van der Waals surface area contributed by atoms with Crippen LogP contribution in [0.15, 0.2) is 42.6 Å². The Labute approximate surface area is 116 Å². The number of benzene rings is 1. The summed E-state index contributed by atoms with van der Waals surface area (Å²) in [6.07, 6.45) is 2.62. The van der Waals surface area contributed by atoms with Crippen LogP contribution >= 0.6 is 0 Å². The van der Waals surface area contributed by atoms with E-state index in [0.29, 0.717) is 5.69 Å². The van der Waals surface area contributed by atoms with Crippen LogP contribution in [-0.2, 0) is 0 Å². The van der Waals surface area contributed by atoms with Crippen LogP contribution in [0.4, 0.5) is 0 Å². The minimum atomic E-state index is 0.434. The van der Waals surface area contributed by atoms with E-state index in [2.05, 4.69) is 4.98 Å². The van der Waals surface area contributed by atoms with Gasteiger partial charge in [-0.15, -0.1) is 0 Å². The highest BCUT2D eigenvalue weighted by Gasteiger charge is 2.12. The third-order valence-electron chi connectivity index (χ3n) is 3.26. The van der Waals surface area contributed by atoms with E-state index in [1.165, 1.54) is 0 Å². The van der Waals surface area contributed by atoms with Crippen molar-refractivity contribution in [3.63, 3.8) is 0 Å². The molecule has 1 aromatic carbocycles. The van der Waals surface area contributed by atoms with Gasteiger partial charge in [0, 0.05) is 5.56 Å². The van der Waals surface area contributed by atoms with Crippen molar-refractivity contribution >= 4 is 11.8 Å². The van der Waals surface area contributed by atoms with Crippen molar-refractivity contribution < 1.29 is 9.53 Å². The summed E-state index contributed by atoms with van der Waals surface area (Å²) >= 11 is 0. The molecule has 0 radical (unpaired) electrons. The number of methoxy groups -OCH3 is 1. The van der Waals surface area contributed by atoms with Crippen LogP contribution in [0.25, 0.3) is 16.9 Å². The van der Waals surface area contributed by atoms with Gasteiger partial charge in [-0.3, -0.25) is 9.20 Å². The number of fused-ring (bicyclic) bond motifs is 1. The van der Waals surface area contributed by atoms with E-state index in [0.717, 1.165) is 34.5 Å². The van der Waals surface area contributed by atoms with Gasteiger partial charge in [-0.25, -0.2) is 4.98 Å². The molecule has 0 N–H and O–H groups in total. The lowest BCUT2D eigenvalue weighted by Crippen LogP contribution is -1.92. The van der Waals surface area contributed by atoms with Gasteiger partial charge in [-0.1, -0.05) is 23.8 Å². The van der Waals surface area contributed by atoms with E-state index in [-0.39, 0.29) is 0 Å². The molecule has 0 aliphatic heterocycles. The lowest BCUT2D eigenvalue weighted by molar-refractivity contribution is 0.112. The van der Waals surface area contributed by atoms with E-state index < -0.39 is 0 Å². The van der Waals surface area contributed by atoms with Crippen LogP contribution in [0.2, 0.25) is 0 Å². The van der Waals surface area contributed by atoms with Gasteiger partial charge in [-0.05, 0) is 25.1 Å². The number of nitrogens with zero attached hydrogens (tertiary/aromatic N) is 2. The zero-order valence-corrected chi connectivity index (χ0v) is 11.3. The van der Waals surface area contributed by atoms with Crippen LogP contribution in [0.1, 0.15) is 16.1 Å². The second-order valence-corrected chi connectivity index (χ2v) is 4.63. The van der Waals surface area contributed by atoms with Crippen molar-refractivity contribution in [1.29, 1.82) is 0 Å². The van der Waals surface area contributed by atoms with Gasteiger partial charge in [0.15, 0.2) is 6.29 Å². The summed E-state index contributed by atoms with van der Waals surface area (Å²) in [7, 11) is 1.62. The highest BCUT2D eigenvalue weighted by atomic mass is 16.5. The van der Waals surface area contributed by atoms with E-state index in [9.17, 15) is 4.79 Å². The zero-order chi connectivity index (χ0) is 14.1. The molecule has 2 aromatic heterocycles. The lowest BCUT2D eigenvalue weighted by atomic mass is 10.1. The molecule has 0 saturated carbocycles. The summed E-state index contributed by atoms with van der Waals surface area (Å²) in [4.78, 5) is 15.6. The molecule has 20 heavy (non-hydrogen) atoms. The van der Waals surface area contributed by atoms with Crippen LogP contribution < -0.4 is 4.74 Å². The van der Waals surface area contributed by atoms with Crippen molar-refractivity contribution in [2.75, 3.05) is 7.11 Å². The highest BCUT2D eigenvalue weighted by molar-refractivity contribution is 5.86. The Kier molecular flexibility index (Phi) is 2.99. The molecular formula is C16H14N2O2. The monoisotopic (exact) mass is 266 g/mol. The molecule has 0 amide bonds. The Balaban J connectivity index is 2.31. The molecule has 0 saturated heterocycles. The summed E-state index contributed by atoms with van der Waals surface area (Å²) in [5, 5.41) is 0. The predicted octanol–water partition coefficient (Wildman–Crippen LogP) is 3.13. The molecule has 3 rings (SSSR count). The molecule has 0 spiro atoms. The molecule has 4 nitrogen and oxygen atoms in total. The second kappa shape index (κ2) is 4.81. The van der Waals surface area contributed by atoms with E-state index in [1.807, 2.05) is 53.9 Å². The Morgan fingerprint density at radius 1 is 1.25 bits per heavy atom. The summed E-state index contributed by atoms with van der Waals surface area (Å²) in [5.74, 6) is 1.46. The molecule has 0 unspecified atom stereocenters. The van der Waals surface area contributed by atoms with Gasteiger partial charge in [0.25, 0.3) is 0 Å². The smallest absolute Gasteiger partial charge is 0.170 e. The average molecular weight is 266 g/mol. The molecule has 2 heterocycles. The fourth-order valence-electron chi connectivity index (χ4n) is 2.29. The van der Waals surface area contributed by atoms with Crippen molar-refractivity contribution in [3.05, 3.63) is 53.9 Å². The number of rotatable bonds is 3. The van der Waals surface area contributed by atoms with E-state index in [1.54, 1.807) is 7.11 Å². The molecule has 0 aliphatic carbocycles. The SMILES string of the molecule is COc1ccc2c(C=O)nc(-c3cccc(C)c3)n2c1. The number of aromatic nitrogens is 2. The largest absolute Gasteiger partial charge is 0.495 e. The lowest BCUT2D eigenvalue weighted by Gasteiger charge is -2.05. The maximum absolute atomic E-state index is 11.2. The van der Waals surface area contributed by atoms with Crippen LogP contribution in [0, 0.1) is 6.92 Å². The number of carbonyl (C=O) groups excluding carboxylic acids is 1. The summed E-state index contributed by atoms with van der Waals surface area (Å²) in [6.45, 7) is 2.03. The number of carbonyl (C=O) groups is 1. The minimum absolute atomic E-state index is 0.434. The van der Waals surface area contributed by atoms with Gasteiger partial charge in [0.2, 0.25) is 0 Å². The molecule has 0 bridgehead atoms. The van der Waals surface area contributed by atoms with Gasteiger partial charge in [0.1, 0.15) is 17.3 Å². The van der Waals surface area contributed by atoms with Gasteiger partial charge in [0.05, 0.1) is 18.8 Å².